The molecule has 0 aromatic heterocycles. The Balaban J connectivity index is 0.000000211. The Bertz CT molecular complexity index is 543. The van der Waals surface area contributed by atoms with Gasteiger partial charge in [0.05, 0.1) is 5.71 Å². The summed E-state index contributed by atoms with van der Waals surface area (Å²) in [4.78, 5) is 18.5. The Labute approximate surface area is 127 Å². The lowest BCUT2D eigenvalue weighted by molar-refractivity contribution is -0.142. The zero-order valence-electron chi connectivity index (χ0n) is 14.1. The number of hydrogen-bond donors (Lipinski definition) is 1. The molecule has 0 spiro atoms. The minimum Gasteiger partial charge on any atom is -0.478 e. The highest BCUT2D eigenvalue weighted by Gasteiger charge is 2.37. The number of aliphatic carboxylic acids is 1. The van der Waals surface area contributed by atoms with Crippen LogP contribution in [0.3, 0.4) is 0 Å². The number of rotatable bonds is 2. The predicted molar refractivity (Wildman–Crippen MR) is 88.2 cm³/mol. The van der Waals surface area contributed by atoms with Crippen LogP contribution >= 0.6 is 0 Å². The lowest BCUT2D eigenvalue weighted by Gasteiger charge is -2.14. The molecule has 1 heterocycles. The number of carboxylic acid groups (broad SMARTS) is 1. The van der Waals surface area contributed by atoms with Crippen LogP contribution in [0.15, 0.2) is 32.3 Å². The van der Waals surface area contributed by atoms with Crippen LogP contribution in [0.1, 0.15) is 54.9 Å². The van der Waals surface area contributed by atoms with E-state index in [0.717, 1.165) is 0 Å². The van der Waals surface area contributed by atoms with Gasteiger partial charge in [-0.1, -0.05) is 25.0 Å². The van der Waals surface area contributed by atoms with Crippen molar-refractivity contribution < 1.29 is 9.90 Å². The van der Waals surface area contributed by atoms with Crippen LogP contribution in [-0.4, -0.2) is 28.7 Å². The van der Waals surface area contributed by atoms with Gasteiger partial charge in [-0.05, 0) is 51.7 Å². The Hall–Kier alpha value is -1.71. The summed E-state index contributed by atoms with van der Waals surface area (Å²) in [6.45, 7) is 14.7. The molecule has 4 heteroatoms. The molecule has 21 heavy (non-hydrogen) atoms. The Morgan fingerprint density at radius 3 is 1.81 bits per heavy atom. The van der Waals surface area contributed by atoms with Crippen molar-refractivity contribution in [2.75, 3.05) is 0 Å². The van der Waals surface area contributed by atoms with Gasteiger partial charge in [-0.3, -0.25) is 4.99 Å². The maximum atomic E-state index is 10.7. The largest absolute Gasteiger partial charge is 0.478 e. The van der Waals surface area contributed by atoms with Gasteiger partial charge in [0.1, 0.15) is 0 Å². The summed E-state index contributed by atoms with van der Waals surface area (Å²) >= 11 is 0. The molecule has 2 aliphatic rings. The van der Waals surface area contributed by atoms with Crippen LogP contribution < -0.4 is 0 Å². The first-order valence-electron chi connectivity index (χ1n) is 7.36. The zero-order valence-corrected chi connectivity index (χ0v) is 14.1. The maximum Gasteiger partial charge on any atom is 0.354 e. The number of carbonyl (C=O) groups is 1. The van der Waals surface area contributed by atoms with Gasteiger partial charge in [0.15, 0.2) is 0 Å². The van der Waals surface area contributed by atoms with Crippen molar-refractivity contribution in [3.8, 4) is 0 Å². The van der Waals surface area contributed by atoms with Gasteiger partial charge >= 0.3 is 5.97 Å². The molecule has 0 saturated heterocycles. The molecule has 0 amide bonds. The van der Waals surface area contributed by atoms with E-state index in [2.05, 4.69) is 44.6 Å². The van der Waals surface area contributed by atoms with Crippen molar-refractivity contribution in [3.63, 3.8) is 0 Å². The zero-order chi connectivity index (χ0) is 16.4. The van der Waals surface area contributed by atoms with Crippen LogP contribution in [0.2, 0.25) is 0 Å². The molecule has 1 unspecified atom stereocenters. The van der Waals surface area contributed by atoms with Gasteiger partial charge in [0, 0.05) is 12.6 Å². The Morgan fingerprint density at radius 2 is 1.67 bits per heavy atom. The number of carboxylic acids is 1. The van der Waals surface area contributed by atoms with Crippen molar-refractivity contribution in [2.45, 2.75) is 60.5 Å². The average Bonchev–Trinajstić information content (AvgIpc) is 2.92. The summed E-state index contributed by atoms with van der Waals surface area (Å²) in [6, 6.07) is 0. The van der Waals surface area contributed by atoms with Crippen molar-refractivity contribution >= 4 is 17.9 Å². The molecule has 0 bridgehead atoms. The number of aliphatic imine (C=N–C) groups is 2. The van der Waals surface area contributed by atoms with Gasteiger partial charge in [-0.2, -0.15) is 0 Å². The molecule has 1 N–H and O–H groups in total. The van der Waals surface area contributed by atoms with Gasteiger partial charge < -0.3 is 5.11 Å². The summed E-state index contributed by atoms with van der Waals surface area (Å²) in [7, 11) is 0. The molecule has 0 aromatic rings. The third-order valence-electron chi connectivity index (χ3n) is 4.71. The topological polar surface area (TPSA) is 62.0 Å². The second-order valence-electron chi connectivity index (χ2n) is 5.82. The van der Waals surface area contributed by atoms with Gasteiger partial charge in [0.25, 0.3) is 0 Å². The van der Waals surface area contributed by atoms with Crippen LogP contribution in [0.5, 0.6) is 0 Å². The van der Waals surface area contributed by atoms with Crippen LogP contribution in [-0.2, 0) is 4.79 Å². The molecule has 116 valence electrons. The van der Waals surface area contributed by atoms with Crippen molar-refractivity contribution in [2.24, 2.45) is 15.9 Å². The normalized spacial score (nSPS) is 25.2. The van der Waals surface area contributed by atoms with E-state index in [1.807, 2.05) is 0 Å². The lowest BCUT2D eigenvalue weighted by Crippen LogP contribution is -2.31. The number of hydrogen-bond acceptors (Lipinski definition) is 3. The summed E-state index contributed by atoms with van der Waals surface area (Å²) < 4.78 is 0. The predicted octanol–water partition coefficient (Wildman–Crippen LogP) is 4.03. The van der Waals surface area contributed by atoms with Crippen molar-refractivity contribution in [1.29, 1.82) is 0 Å². The quantitative estimate of drug-likeness (QED) is 0.834. The molecule has 0 fully saturated rings. The van der Waals surface area contributed by atoms with Crippen LogP contribution in [0.4, 0.5) is 0 Å². The third-order valence-corrected chi connectivity index (χ3v) is 4.71. The smallest absolute Gasteiger partial charge is 0.354 e. The second kappa shape index (κ2) is 6.37. The molecule has 1 aliphatic heterocycles. The minimum atomic E-state index is -1.22. The highest BCUT2D eigenvalue weighted by atomic mass is 16.4. The van der Waals surface area contributed by atoms with Gasteiger partial charge in [-0.15, -0.1) is 0 Å². The van der Waals surface area contributed by atoms with E-state index in [4.69, 9.17) is 5.11 Å². The highest BCUT2D eigenvalue weighted by molar-refractivity contribution is 6.31. The highest BCUT2D eigenvalue weighted by Crippen LogP contribution is 2.35. The lowest BCUT2D eigenvalue weighted by atomic mass is 10.00. The van der Waals surface area contributed by atoms with E-state index in [1.165, 1.54) is 17.4 Å². The SMILES string of the molecule is CC1=C(C)C(C)C(C)=C1C.CCC1(C(=O)O)N=CC(C)=N1. The summed E-state index contributed by atoms with van der Waals surface area (Å²) in [6.07, 6.45) is 1.90. The standard InChI is InChI=1S/C10H16.C7H10N2O2/c1-6-7(2)9(4)10(5)8(6)3;1-3-7(6(10)11)8-4-5(2)9-7/h6H,1-5H3;4H,3H2,1-2H3,(H,10,11). The van der Waals surface area contributed by atoms with Crippen LogP contribution in [0.25, 0.3) is 0 Å². The second-order valence-corrected chi connectivity index (χ2v) is 5.82. The maximum absolute atomic E-state index is 10.7. The molecule has 0 aromatic carbocycles. The van der Waals surface area contributed by atoms with Crippen molar-refractivity contribution in [3.05, 3.63) is 22.3 Å². The number of nitrogens with zero attached hydrogens (tertiary/aromatic N) is 2. The van der Waals surface area contributed by atoms with E-state index in [9.17, 15) is 4.79 Å². The van der Waals surface area contributed by atoms with Gasteiger partial charge in [0.2, 0.25) is 5.66 Å². The Kier molecular flexibility index (Phi) is 5.26. The van der Waals surface area contributed by atoms with E-state index < -0.39 is 11.6 Å². The van der Waals surface area contributed by atoms with E-state index in [-0.39, 0.29) is 0 Å². The van der Waals surface area contributed by atoms with Crippen molar-refractivity contribution in [1.82, 2.24) is 0 Å². The summed E-state index contributed by atoms with van der Waals surface area (Å²) in [5, 5.41) is 8.76. The molecule has 0 radical (unpaired) electrons. The first-order chi connectivity index (χ1) is 9.66. The molecule has 0 saturated carbocycles. The first kappa shape index (κ1) is 17.3. The Morgan fingerprint density at radius 1 is 1.19 bits per heavy atom. The molecule has 1 atom stereocenters. The van der Waals surface area contributed by atoms with E-state index in [0.29, 0.717) is 18.1 Å². The fourth-order valence-corrected chi connectivity index (χ4v) is 2.54. The van der Waals surface area contributed by atoms with Crippen LogP contribution in [0, 0.1) is 5.92 Å². The number of allylic oxidation sites excluding steroid dienone is 4. The minimum absolute atomic E-state index is 0.399. The fourth-order valence-electron chi connectivity index (χ4n) is 2.54. The molecule has 1 aliphatic carbocycles. The first-order valence-corrected chi connectivity index (χ1v) is 7.36. The molecule has 4 nitrogen and oxygen atoms in total. The molecule has 2 rings (SSSR count). The monoisotopic (exact) mass is 290 g/mol. The fraction of sp³-hybridized carbons (Fsp3) is 0.588. The molecular weight excluding hydrogens is 264 g/mol. The summed E-state index contributed by atoms with van der Waals surface area (Å²) in [5.74, 6) is -0.284. The van der Waals surface area contributed by atoms with E-state index >= 15 is 0 Å². The average molecular weight is 290 g/mol. The van der Waals surface area contributed by atoms with Gasteiger partial charge in [-0.25, -0.2) is 9.79 Å². The third kappa shape index (κ3) is 3.31. The summed E-state index contributed by atoms with van der Waals surface area (Å²) in [5.41, 5.74) is 5.57. The molecular formula is C17H26N2O2. The van der Waals surface area contributed by atoms with E-state index in [1.54, 1.807) is 25.0 Å².